The fraction of sp³-hybridized carbons (Fsp3) is 0.375. The van der Waals surface area contributed by atoms with Crippen molar-refractivity contribution in [3.8, 4) is 0 Å². The quantitative estimate of drug-likeness (QED) is 0.737. The first kappa shape index (κ1) is 19.0. The molecule has 6 nitrogen and oxygen atoms in total. The van der Waals surface area contributed by atoms with Gasteiger partial charge in [0.1, 0.15) is 5.60 Å². The van der Waals surface area contributed by atoms with E-state index in [4.69, 9.17) is 4.74 Å². The largest absolute Gasteiger partial charge is 0.360 e. The number of amides is 2. The molecule has 6 heteroatoms. The predicted octanol–water partition coefficient (Wildman–Crippen LogP) is 2.64. The SMILES string of the molecule is Cc1ccc(N2C[C@]34C=C[C@H](O3)C(C(=O)N(C)Cc3ccccn3)C4C2=O)cc1C. The van der Waals surface area contributed by atoms with Crippen LogP contribution in [-0.4, -0.2) is 47.0 Å². The van der Waals surface area contributed by atoms with Crippen LogP contribution in [0.4, 0.5) is 5.69 Å². The number of aryl methyl sites for hydroxylation is 2. The first-order valence-corrected chi connectivity index (χ1v) is 10.3. The summed E-state index contributed by atoms with van der Waals surface area (Å²) in [6, 6.07) is 11.7. The molecule has 2 amide bonds. The molecule has 1 spiro atoms. The van der Waals surface area contributed by atoms with Gasteiger partial charge < -0.3 is 14.5 Å². The summed E-state index contributed by atoms with van der Waals surface area (Å²) >= 11 is 0. The zero-order valence-electron chi connectivity index (χ0n) is 17.4. The molecule has 4 heterocycles. The molecule has 2 saturated heterocycles. The number of nitrogens with zero attached hydrogens (tertiary/aromatic N) is 3. The van der Waals surface area contributed by atoms with E-state index in [1.54, 1.807) is 23.0 Å². The lowest BCUT2D eigenvalue weighted by Crippen LogP contribution is -2.44. The van der Waals surface area contributed by atoms with Crippen LogP contribution < -0.4 is 4.90 Å². The van der Waals surface area contributed by atoms with E-state index in [1.165, 1.54) is 5.56 Å². The van der Waals surface area contributed by atoms with Crippen molar-refractivity contribution in [2.24, 2.45) is 11.8 Å². The minimum Gasteiger partial charge on any atom is -0.360 e. The summed E-state index contributed by atoms with van der Waals surface area (Å²) in [5, 5.41) is 0. The van der Waals surface area contributed by atoms with E-state index < -0.39 is 17.4 Å². The molecule has 3 aliphatic rings. The summed E-state index contributed by atoms with van der Waals surface area (Å²) in [7, 11) is 1.76. The first-order chi connectivity index (χ1) is 14.4. The Bertz CT molecular complexity index is 1050. The summed E-state index contributed by atoms with van der Waals surface area (Å²) in [5.74, 6) is -1.10. The lowest BCUT2D eigenvalue weighted by Gasteiger charge is -2.27. The van der Waals surface area contributed by atoms with Crippen LogP contribution in [0.3, 0.4) is 0 Å². The average molecular weight is 403 g/mol. The van der Waals surface area contributed by atoms with Crippen molar-refractivity contribution in [3.63, 3.8) is 0 Å². The summed E-state index contributed by atoms with van der Waals surface area (Å²) in [6.45, 7) is 4.94. The van der Waals surface area contributed by atoms with Crippen molar-refractivity contribution in [2.75, 3.05) is 18.5 Å². The molecule has 4 atom stereocenters. The number of hydrogen-bond acceptors (Lipinski definition) is 4. The molecular formula is C24H25N3O3. The number of aromatic nitrogens is 1. The Hall–Kier alpha value is -2.99. The number of ether oxygens (including phenoxy) is 1. The molecule has 2 aromatic rings. The van der Waals surface area contributed by atoms with E-state index in [2.05, 4.69) is 11.9 Å². The van der Waals surface area contributed by atoms with Crippen LogP contribution >= 0.6 is 0 Å². The summed E-state index contributed by atoms with van der Waals surface area (Å²) < 4.78 is 6.26. The second-order valence-electron chi connectivity index (χ2n) is 8.61. The van der Waals surface area contributed by atoms with Crippen LogP contribution in [-0.2, 0) is 20.9 Å². The Labute approximate surface area is 176 Å². The molecule has 2 bridgehead atoms. The maximum atomic E-state index is 13.5. The van der Waals surface area contributed by atoms with Gasteiger partial charge in [0.2, 0.25) is 11.8 Å². The highest BCUT2D eigenvalue weighted by Gasteiger charge is 2.67. The van der Waals surface area contributed by atoms with E-state index in [9.17, 15) is 9.59 Å². The second-order valence-corrected chi connectivity index (χ2v) is 8.61. The van der Waals surface area contributed by atoms with Crippen LogP contribution in [0.15, 0.2) is 54.7 Å². The fourth-order valence-corrected chi connectivity index (χ4v) is 4.96. The van der Waals surface area contributed by atoms with Crippen molar-refractivity contribution in [3.05, 3.63) is 71.6 Å². The molecule has 0 saturated carbocycles. The van der Waals surface area contributed by atoms with Crippen molar-refractivity contribution in [2.45, 2.75) is 32.1 Å². The van der Waals surface area contributed by atoms with Crippen molar-refractivity contribution in [1.82, 2.24) is 9.88 Å². The maximum absolute atomic E-state index is 13.5. The van der Waals surface area contributed by atoms with Gasteiger partial charge in [-0.2, -0.15) is 0 Å². The summed E-state index contributed by atoms with van der Waals surface area (Å²) in [5.41, 5.74) is 3.29. The van der Waals surface area contributed by atoms with E-state index in [0.29, 0.717) is 13.1 Å². The van der Waals surface area contributed by atoms with Gasteiger partial charge >= 0.3 is 0 Å². The van der Waals surface area contributed by atoms with Crippen LogP contribution in [0.5, 0.6) is 0 Å². The molecule has 1 aromatic carbocycles. The van der Waals surface area contributed by atoms with Crippen LogP contribution in [0.1, 0.15) is 16.8 Å². The average Bonchev–Trinajstić information content (AvgIpc) is 3.38. The lowest BCUT2D eigenvalue weighted by molar-refractivity contribution is -0.139. The highest BCUT2D eigenvalue weighted by Crippen LogP contribution is 2.53. The summed E-state index contributed by atoms with van der Waals surface area (Å²) in [4.78, 5) is 34.6. The number of pyridine rings is 1. The van der Waals surface area contributed by atoms with Gasteiger partial charge in [0.25, 0.3) is 0 Å². The molecule has 0 radical (unpaired) electrons. The third kappa shape index (κ3) is 2.78. The lowest BCUT2D eigenvalue weighted by atomic mass is 9.76. The molecule has 0 aliphatic carbocycles. The van der Waals surface area contributed by atoms with Gasteiger partial charge in [0.05, 0.1) is 36.7 Å². The van der Waals surface area contributed by atoms with E-state index in [0.717, 1.165) is 16.9 Å². The Morgan fingerprint density at radius 1 is 1.27 bits per heavy atom. The Morgan fingerprint density at radius 3 is 2.83 bits per heavy atom. The second kappa shape index (κ2) is 6.77. The van der Waals surface area contributed by atoms with E-state index >= 15 is 0 Å². The van der Waals surface area contributed by atoms with Gasteiger partial charge in [-0.05, 0) is 49.2 Å². The van der Waals surface area contributed by atoms with Crippen molar-refractivity contribution < 1.29 is 14.3 Å². The van der Waals surface area contributed by atoms with Crippen LogP contribution in [0.25, 0.3) is 0 Å². The molecule has 0 N–H and O–H groups in total. The third-order valence-corrected chi connectivity index (χ3v) is 6.69. The number of carbonyl (C=O) groups excluding carboxylic acids is 2. The molecule has 5 rings (SSSR count). The van der Waals surface area contributed by atoms with Crippen molar-refractivity contribution in [1.29, 1.82) is 0 Å². The monoisotopic (exact) mass is 403 g/mol. The van der Waals surface area contributed by atoms with Gasteiger partial charge in [-0.1, -0.05) is 24.3 Å². The topological polar surface area (TPSA) is 62.7 Å². The molecule has 3 aliphatic heterocycles. The Morgan fingerprint density at radius 2 is 2.10 bits per heavy atom. The van der Waals surface area contributed by atoms with Gasteiger partial charge in [0, 0.05) is 18.9 Å². The molecule has 1 aromatic heterocycles. The van der Waals surface area contributed by atoms with E-state index in [-0.39, 0.29) is 17.9 Å². The number of hydrogen-bond donors (Lipinski definition) is 0. The number of anilines is 1. The minimum absolute atomic E-state index is 0.0327. The zero-order chi connectivity index (χ0) is 21.0. The third-order valence-electron chi connectivity index (χ3n) is 6.69. The minimum atomic E-state index is -0.716. The van der Waals surface area contributed by atoms with E-state index in [1.807, 2.05) is 55.5 Å². The molecule has 2 fully saturated rings. The number of rotatable bonds is 4. The predicted molar refractivity (Wildman–Crippen MR) is 113 cm³/mol. The number of fused-ring (bicyclic) bond motifs is 1. The first-order valence-electron chi connectivity index (χ1n) is 10.3. The Balaban J connectivity index is 1.42. The van der Waals surface area contributed by atoms with Gasteiger partial charge in [-0.3, -0.25) is 14.6 Å². The smallest absolute Gasteiger partial charge is 0.234 e. The molecule has 30 heavy (non-hydrogen) atoms. The van der Waals surface area contributed by atoms with Crippen LogP contribution in [0, 0.1) is 25.7 Å². The Kier molecular flexibility index (Phi) is 4.29. The van der Waals surface area contributed by atoms with Crippen LogP contribution in [0.2, 0.25) is 0 Å². The normalized spacial score (nSPS) is 28.8. The standard InChI is InChI=1S/C24H25N3O3/c1-15-7-8-18(12-16(15)2)27-14-24-10-9-19(30-24)20(21(24)23(27)29)22(28)26(3)13-17-6-4-5-11-25-17/h4-12,19-21H,13-14H2,1-3H3/t19-,20?,21?,24-/m0/s1. The maximum Gasteiger partial charge on any atom is 0.234 e. The highest BCUT2D eigenvalue weighted by atomic mass is 16.5. The van der Waals surface area contributed by atoms with Crippen molar-refractivity contribution >= 4 is 17.5 Å². The van der Waals surface area contributed by atoms with Gasteiger partial charge in [-0.15, -0.1) is 0 Å². The number of benzene rings is 1. The van der Waals surface area contributed by atoms with Gasteiger partial charge in [-0.25, -0.2) is 0 Å². The summed E-state index contributed by atoms with van der Waals surface area (Å²) in [6.07, 6.45) is 5.31. The number of carbonyl (C=O) groups is 2. The molecular weight excluding hydrogens is 378 g/mol. The molecule has 154 valence electrons. The molecule has 2 unspecified atom stereocenters. The fourth-order valence-electron chi connectivity index (χ4n) is 4.96. The van der Waals surface area contributed by atoms with Gasteiger partial charge in [0.15, 0.2) is 0 Å². The highest BCUT2D eigenvalue weighted by molar-refractivity contribution is 6.03. The zero-order valence-corrected chi connectivity index (χ0v) is 17.4.